The Hall–Kier alpha value is -0.610. The van der Waals surface area contributed by atoms with Crippen molar-refractivity contribution in [2.45, 2.75) is 50.5 Å². The molecule has 1 fully saturated rings. The van der Waals surface area contributed by atoms with E-state index in [4.69, 9.17) is 9.47 Å². The van der Waals surface area contributed by atoms with Crippen molar-refractivity contribution in [2.75, 3.05) is 20.3 Å². The van der Waals surface area contributed by atoms with Crippen molar-refractivity contribution >= 4 is 5.97 Å². The van der Waals surface area contributed by atoms with Crippen LogP contribution in [0.1, 0.15) is 44.9 Å². The molecule has 4 heteroatoms. The van der Waals surface area contributed by atoms with Gasteiger partial charge < -0.3 is 14.6 Å². The normalized spacial score (nSPS) is 21.1. The number of aliphatic carboxylic acids is 1. The predicted octanol–water partition coefficient (Wildman–Crippen LogP) is 2.22. The first-order valence-corrected chi connectivity index (χ1v) is 6.07. The van der Waals surface area contributed by atoms with E-state index in [2.05, 4.69) is 0 Å². The van der Waals surface area contributed by atoms with E-state index in [-0.39, 0.29) is 0 Å². The van der Waals surface area contributed by atoms with Gasteiger partial charge in [-0.15, -0.1) is 0 Å². The highest BCUT2D eigenvalue weighted by Gasteiger charge is 2.39. The fraction of sp³-hybridized carbons (Fsp3) is 0.917. The molecule has 0 aromatic rings. The Balaban J connectivity index is 2.56. The van der Waals surface area contributed by atoms with Crippen molar-refractivity contribution in [1.29, 1.82) is 0 Å². The number of rotatable bonds is 5. The summed E-state index contributed by atoms with van der Waals surface area (Å²) in [4.78, 5) is 11.4. The highest BCUT2D eigenvalue weighted by atomic mass is 16.5. The molecular weight excluding hydrogens is 208 g/mol. The lowest BCUT2D eigenvalue weighted by Gasteiger charge is -2.31. The second-order valence-electron chi connectivity index (χ2n) is 4.41. The zero-order valence-electron chi connectivity index (χ0n) is 10.0. The van der Waals surface area contributed by atoms with E-state index in [1.807, 2.05) is 0 Å². The molecule has 0 aromatic heterocycles. The first-order valence-electron chi connectivity index (χ1n) is 6.07. The van der Waals surface area contributed by atoms with Crippen molar-refractivity contribution in [3.05, 3.63) is 0 Å². The maximum absolute atomic E-state index is 11.4. The Kier molecular flexibility index (Phi) is 5.77. The van der Waals surface area contributed by atoms with Crippen LogP contribution in [0, 0.1) is 0 Å². The number of methoxy groups -OCH3 is 1. The molecule has 4 nitrogen and oxygen atoms in total. The van der Waals surface area contributed by atoms with Gasteiger partial charge in [-0.3, -0.25) is 0 Å². The van der Waals surface area contributed by atoms with E-state index in [9.17, 15) is 9.90 Å². The smallest absolute Gasteiger partial charge is 0.335 e. The van der Waals surface area contributed by atoms with E-state index >= 15 is 0 Å². The summed E-state index contributed by atoms with van der Waals surface area (Å²) in [6, 6.07) is 0. The van der Waals surface area contributed by atoms with Crippen LogP contribution in [-0.2, 0) is 14.3 Å². The molecule has 0 atom stereocenters. The van der Waals surface area contributed by atoms with E-state index < -0.39 is 11.6 Å². The minimum Gasteiger partial charge on any atom is -0.479 e. The van der Waals surface area contributed by atoms with Gasteiger partial charge in [0, 0.05) is 7.11 Å². The number of carboxylic acid groups (broad SMARTS) is 1. The largest absolute Gasteiger partial charge is 0.479 e. The number of hydrogen-bond acceptors (Lipinski definition) is 3. The molecule has 0 unspecified atom stereocenters. The van der Waals surface area contributed by atoms with Gasteiger partial charge in [0.05, 0.1) is 13.2 Å². The van der Waals surface area contributed by atoms with Gasteiger partial charge in [0.15, 0.2) is 5.60 Å². The van der Waals surface area contributed by atoms with Gasteiger partial charge in [-0.05, 0) is 25.7 Å². The van der Waals surface area contributed by atoms with E-state index in [0.717, 1.165) is 25.7 Å². The van der Waals surface area contributed by atoms with Gasteiger partial charge >= 0.3 is 5.97 Å². The first kappa shape index (κ1) is 13.5. The molecule has 16 heavy (non-hydrogen) atoms. The molecule has 0 radical (unpaired) electrons. The predicted molar refractivity (Wildman–Crippen MR) is 60.5 cm³/mol. The monoisotopic (exact) mass is 230 g/mol. The summed E-state index contributed by atoms with van der Waals surface area (Å²) in [5.41, 5.74) is -0.959. The van der Waals surface area contributed by atoms with E-state index in [0.29, 0.717) is 26.1 Å². The number of hydrogen-bond donors (Lipinski definition) is 1. The Labute approximate surface area is 96.9 Å². The molecule has 0 spiro atoms. The Morgan fingerprint density at radius 2 is 1.69 bits per heavy atom. The summed E-state index contributed by atoms with van der Waals surface area (Å²) in [5, 5.41) is 9.34. The lowest BCUT2D eigenvalue weighted by molar-refractivity contribution is -0.171. The third-order valence-electron chi connectivity index (χ3n) is 3.22. The maximum atomic E-state index is 11.4. The molecule has 1 saturated carbocycles. The minimum atomic E-state index is -0.959. The van der Waals surface area contributed by atoms with Crippen molar-refractivity contribution in [2.24, 2.45) is 0 Å². The van der Waals surface area contributed by atoms with Gasteiger partial charge in [-0.2, -0.15) is 0 Å². The molecule has 0 aromatic carbocycles. The van der Waals surface area contributed by atoms with Crippen LogP contribution >= 0.6 is 0 Å². The lowest BCUT2D eigenvalue weighted by Crippen LogP contribution is -2.43. The second kappa shape index (κ2) is 6.86. The summed E-state index contributed by atoms with van der Waals surface area (Å²) in [7, 11) is 1.59. The molecule has 0 aliphatic heterocycles. The molecule has 0 saturated heterocycles. The van der Waals surface area contributed by atoms with Gasteiger partial charge in [0.25, 0.3) is 0 Å². The third kappa shape index (κ3) is 3.76. The van der Waals surface area contributed by atoms with Crippen molar-refractivity contribution in [3.63, 3.8) is 0 Å². The van der Waals surface area contributed by atoms with Crippen LogP contribution in [0.25, 0.3) is 0 Å². The molecule has 0 bridgehead atoms. The van der Waals surface area contributed by atoms with Gasteiger partial charge in [-0.1, -0.05) is 19.3 Å². The number of carboxylic acids is 1. The first-order chi connectivity index (χ1) is 7.71. The van der Waals surface area contributed by atoms with Crippen LogP contribution in [0.3, 0.4) is 0 Å². The molecule has 1 rings (SSSR count). The summed E-state index contributed by atoms with van der Waals surface area (Å²) < 4.78 is 10.5. The Bertz CT molecular complexity index is 207. The van der Waals surface area contributed by atoms with Gasteiger partial charge in [0.2, 0.25) is 0 Å². The SMILES string of the molecule is COCCOC1(C(=O)O)CCCCCCC1. The third-order valence-corrected chi connectivity index (χ3v) is 3.22. The lowest BCUT2D eigenvalue weighted by atomic mass is 9.87. The average molecular weight is 230 g/mol. The zero-order valence-corrected chi connectivity index (χ0v) is 10.0. The Morgan fingerprint density at radius 3 is 2.19 bits per heavy atom. The second-order valence-corrected chi connectivity index (χ2v) is 4.41. The average Bonchev–Trinajstić information content (AvgIpc) is 2.21. The van der Waals surface area contributed by atoms with Crippen LogP contribution in [0.4, 0.5) is 0 Å². The zero-order chi connectivity index (χ0) is 11.9. The van der Waals surface area contributed by atoms with Gasteiger partial charge in [-0.25, -0.2) is 4.79 Å². The van der Waals surface area contributed by atoms with Crippen molar-refractivity contribution in [3.8, 4) is 0 Å². The van der Waals surface area contributed by atoms with Crippen LogP contribution in [0.2, 0.25) is 0 Å². The molecule has 0 amide bonds. The summed E-state index contributed by atoms with van der Waals surface area (Å²) >= 11 is 0. The number of ether oxygens (including phenoxy) is 2. The van der Waals surface area contributed by atoms with Crippen molar-refractivity contribution < 1.29 is 19.4 Å². The van der Waals surface area contributed by atoms with Crippen LogP contribution in [0.15, 0.2) is 0 Å². The van der Waals surface area contributed by atoms with Gasteiger partial charge in [0.1, 0.15) is 0 Å². The molecule has 94 valence electrons. The van der Waals surface area contributed by atoms with Crippen molar-refractivity contribution in [1.82, 2.24) is 0 Å². The molecule has 1 aliphatic carbocycles. The van der Waals surface area contributed by atoms with Crippen LogP contribution in [0.5, 0.6) is 0 Å². The van der Waals surface area contributed by atoms with Crippen LogP contribution < -0.4 is 0 Å². The van der Waals surface area contributed by atoms with Crippen LogP contribution in [-0.4, -0.2) is 37.0 Å². The fourth-order valence-electron chi connectivity index (χ4n) is 2.22. The van der Waals surface area contributed by atoms with E-state index in [1.54, 1.807) is 7.11 Å². The molecule has 1 N–H and O–H groups in total. The molecular formula is C12H22O4. The summed E-state index contributed by atoms with van der Waals surface area (Å²) in [5.74, 6) is -0.814. The minimum absolute atomic E-state index is 0.364. The van der Waals surface area contributed by atoms with E-state index in [1.165, 1.54) is 6.42 Å². The number of carbonyl (C=O) groups is 1. The quantitative estimate of drug-likeness (QED) is 0.736. The summed E-state index contributed by atoms with van der Waals surface area (Å²) in [6.07, 6.45) is 6.59. The Morgan fingerprint density at radius 1 is 1.12 bits per heavy atom. The highest BCUT2D eigenvalue weighted by molar-refractivity contribution is 5.77. The summed E-state index contributed by atoms with van der Waals surface area (Å²) in [6.45, 7) is 0.817. The maximum Gasteiger partial charge on any atom is 0.335 e. The highest BCUT2D eigenvalue weighted by Crippen LogP contribution is 2.30. The standard InChI is InChI=1S/C12H22O4/c1-15-9-10-16-12(11(13)14)7-5-3-2-4-6-8-12/h2-10H2,1H3,(H,13,14). The molecule has 1 aliphatic rings. The fourth-order valence-corrected chi connectivity index (χ4v) is 2.22. The topological polar surface area (TPSA) is 55.8 Å². The molecule has 0 heterocycles.